The molecule has 1 aliphatic carbocycles. The van der Waals surface area contributed by atoms with Crippen molar-refractivity contribution in [2.75, 3.05) is 7.11 Å². The molecule has 1 N–H and O–H groups in total. The molecule has 1 saturated heterocycles. The normalized spacial score (nSPS) is 48.6. The molecule has 0 bridgehead atoms. The molecule has 3 aliphatic rings. The molecule has 0 aromatic rings. The van der Waals surface area contributed by atoms with Gasteiger partial charge in [-0.2, -0.15) is 0 Å². The Balaban J connectivity index is 1.92. The van der Waals surface area contributed by atoms with E-state index in [0.717, 1.165) is 6.42 Å². The van der Waals surface area contributed by atoms with E-state index in [1.54, 1.807) is 0 Å². The highest BCUT2D eigenvalue weighted by Gasteiger charge is 2.70. The van der Waals surface area contributed by atoms with Gasteiger partial charge in [-0.05, 0) is 13.3 Å². The van der Waals surface area contributed by atoms with Crippen LogP contribution in [-0.2, 0) is 19.0 Å². The summed E-state index contributed by atoms with van der Waals surface area (Å²) in [6, 6.07) is 0. The van der Waals surface area contributed by atoms with Gasteiger partial charge in [0.1, 0.15) is 5.60 Å². The zero-order valence-electron chi connectivity index (χ0n) is 9.17. The molecule has 0 spiro atoms. The Morgan fingerprint density at radius 3 is 3.12 bits per heavy atom. The summed E-state index contributed by atoms with van der Waals surface area (Å²) in [4.78, 5) is 11.5. The number of hydrogen-bond acceptors (Lipinski definition) is 5. The molecule has 16 heavy (non-hydrogen) atoms. The van der Waals surface area contributed by atoms with Crippen LogP contribution >= 0.6 is 0 Å². The zero-order chi connectivity index (χ0) is 11.5. The van der Waals surface area contributed by atoms with Crippen molar-refractivity contribution in [3.05, 3.63) is 11.8 Å². The number of carbonyl (C=O) groups excluding carboxylic acids is 1. The number of fused-ring (bicyclic) bond motifs is 3. The van der Waals surface area contributed by atoms with Gasteiger partial charge in [-0.15, -0.1) is 0 Å². The average Bonchev–Trinajstić information content (AvgIpc) is 2.80. The molecule has 1 saturated carbocycles. The summed E-state index contributed by atoms with van der Waals surface area (Å²) in [7, 11) is 1.34. The number of methoxy groups -OCH3 is 1. The Bertz CT molecular complexity index is 377. The van der Waals surface area contributed by atoms with Crippen molar-refractivity contribution < 1.29 is 24.1 Å². The molecule has 0 radical (unpaired) electrons. The molecule has 0 aromatic carbocycles. The van der Waals surface area contributed by atoms with Crippen LogP contribution in [0.1, 0.15) is 13.3 Å². The first-order valence-electron chi connectivity index (χ1n) is 5.37. The SMILES string of the molecule is COC(=O)C1=COC(O)[C@@H]2[C@@H]1C[C@@H]1O[C@@]12C. The lowest BCUT2D eigenvalue weighted by Crippen LogP contribution is -2.40. The number of hydrogen-bond donors (Lipinski definition) is 1. The second-order valence-corrected chi connectivity index (χ2v) is 4.75. The molecular weight excluding hydrogens is 212 g/mol. The Hall–Kier alpha value is -1.07. The smallest absolute Gasteiger partial charge is 0.337 e. The van der Waals surface area contributed by atoms with E-state index in [0.29, 0.717) is 5.57 Å². The fraction of sp³-hybridized carbons (Fsp3) is 0.727. The van der Waals surface area contributed by atoms with Gasteiger partial charge in [0.15, 0.2) is 0 Å². The van der Waals surface area contributed by atoms with Crippen molar-refractivity contribution in [1.82, 2.24) is 0 Å². The molecule has 5 heteroatoms. The third-order valence-corrected chi connectivity index (χ3v) is 4.00. The van der Waals surface area contributed by atoms with Gasteiger partial charge in [0, 0.05) is 5.92 Å². The van der Waals surface area contributed by atoms with E-state index in [4.69, 9.17) is 14.2 Å². The molecule has 5 nitrogen and oxygen atoms in total. The van der Waals surface area contributed by atoms with Gasteiger partial charge in [-0.3, -0.25) is 0 Å². The van der Waals surface area contributed by atoms with Gasteiger partial charge in [0.2, 0.25) is 6.29 Å². The highest BCUT2D eigenvalue weighted by atomic mass is 16.6. The lowest BCUT2D eigenvalue weighted by atomic mass is 9.82. The summed E-state index contributed by atoms with van der Waals surface area (Å²) in [5, 5.41) is 9.81. The second kappa shape index (κ2) is 2.99. The highest BCUT2D eigenvalue weighted by Crippen LogP contribution is 2.60. The molecule has 0 amide bonds. The first-order chi connectivity index (χ1) is 7.58. The third kappa shape index (κ3) is 1.10. The predicted molar refractivity (Wildman–Crippen MR) is 52.1 cm³/mol. The Kier molecular flexibility index (Phi) is 1.89. The van der Waals surface area contributed by atoms with Crippen LogP contribution in [0.4, 0.5) is 0 Å². The monoisotopic (exact) mass is 226 g/mol. The summed E-state index contributed by atoms with van der Waals surface area (Å²) in [6.07, 6.45) is 1.32. The Labute approximate surface area is 93.0 Å². The number of aliphatic hydroxyl groups excluding tert-OH is 1. The van der Waals surface area contributed by atoms with E-state index in [1.807, 2.05) is 6.92 Å². The summed E-state index contributed by atoms with van der Waals surface area (Å²) < 4.78 is 15.3. The van der Waals surface area contributed by atoms with Crippen molar-refractivity contribution in [3.8, 4) is 0 Å². The van der Waals surface area contributed by atoms with Gasteiger partial charge in [-0.1, -0.05) is 0 Å². The van der Waals surface area contributed by atoms with Crippen LogP contribution < -0.4 is 0 Å². The van der Waals surface area contributed by atoms with Crippen molar-refractivity contribution in [2.24, 2.45) is 11.8 Å². The van der Waals surface area contributed by atoms with E-state index in [2.05, 4.69) is 0 Å². The lowest BCUT2D eigenvalue weighted by molar-refractivity contribution is -0.149. The van der Waals surface area contributed by atoms with E-state index in [1.165, 1.54) is 13.4 Å². The van der Waals surface area contributed by atoms with Crippen LogP contribution in [0.3, 0.4) is 0 Å². The minimum atomic E-state index is -0.893. The molecule has 3 rings (SSSR count). The molecule has 2 fully saturated rings. The first kappa shape index (κ1) is 10.1. The highest BCUT2D eigenvalue weighted by molar-refractivity contribution is 5.89. The van der Waals surface area contributed by atoms with Gasteiger partial charge >= 0.3 is 5.97 Å². The Morgan fingerprint density at radius 1 is 1.69 bits per heavy atom. The van der Waals surface area contributed by atoms with Crippen LogP contribution in [0.5, 0.6) is 0 Å². The molecular formula is C11H14O5. The van der Waals surface area contributed by atoms with Crippen LogP contribution in [0.2, 0.25) is 0 Å². The number of aliphatic hydroxyl groups is 1. The maximum Gasteiger partial charge on any atom is 0.337 e. The molecule has 1 unspecified atom stereocenters. The fourth-order valence-corrected chi connectivity index (χ4v) is 3.06. The van der Waals surface area contributed by atoms with E-state index in [9.17, 15) is 9.90 Å². The molecule has 5 atom stereocenters. The lowest BCUT2D eigenvalue weighted by Gasteiger charge is -2.33. The van der Waals surface area contributed by atoms with Crippen LogP contribution in [0.15, 0.2) is 11.8 Å². The van der Waals surface area contributed by atoms with Gasteiger partial charge in [0.25, 0.3) is 0 Å². The number of ether oxygens (including phenoxy) is 3. The molecule has 2 heterocycles. The largest absolute Gasteiger partial charge is 0.472 e. The maximum atomic E-state index is 11.5. The summed E-state index contributed by atoms with van der Waals surface area (Å²) in [6.45, 7) is 1.95. The van der Waals surface area contributed by atoms with Crippen molar-refractivity contribution in [3.63, 3.8) is 0 Å². The zero-order valence-corrected chi connectivity index (χ0v) is 9.17. The second-order valence-electron chi connectivity index (χ2n) is 4.75. The van der Waals surface area contributed by atoms with Crippen molar-refractivity contribution in [1.29, 1.82) is 0 Å². The number of esters is 1. The number of epoxide rings is 1. The van der Waals surface area contributed by atoms with Gasteiger partial charge < -0.3 is 19.3 Å². The van der Waals surface area contributed by atoms with Gasteiger partial charge in [-0.25, -0.2) is 4.79 Å². The quantitative estimate of drug-likeness (QED) is 0.510. The van der Waals surface area contributed by atoms with Crippen molar-refractivity contribution in [2.45, 2.75) is 31.3 Å². The molecule has 0 aromatic heterocycles. The maximum absolute atomic E-state index is 11.5. The van der Waals surface area contributed by atoms with Gasteiger partial charge in [0.05, 0.1) is 31.0 Å². The third-order valence-electron chi connectivity index (χ3n) is 4.00. The first-order valence-corrected chi connectivity index (χ1v) is 5.37. The topological polar surface area (TPSA) is 68.3 Å². The molecule has 88 valence electrons. The predicted octanol–water partition coefficient (Wildman–Crippen LogP) is 0.185. The van der Waals surface area contributed by atoms with Crippen LogP contribution in [0, 0.1) is 11.8 Å². The summed E-state index contributed by atoms with van der Waals surface area (Å²) in [5.41, 5.74) is 0.173. The van der Waals surface area contributed by atoms with Crippen LogP contribution in [-0.4, -0.2) is 36.2 Å². The van der Waals surface area contributed by atoms with Crippen molar-refractivity contribution >= 4 is 5.97 Å². The minimum absolute atomic E-state index is 0.0139. The van der Waals surface area contributed by atoms with E-state index < -0.39 is 6.29 Å². The van der Waals surface area contributed by atoms with E-state index >= 15 is 0 Å². The standard InChI is InChI=1S/C11H14O5/c1-11-7(16-11)3-5-6(9(12)14-2)4-15-10(13)8(5)11/h4-5,7-8,10,13H,3H2,1-2H3/t5-,7+,8+,10?,11+/m1/s1. The summed E-state index contributed by atoms with van der Waals surface area (Å²) in [5.74, 6) is -0.566. The van der Waals surface area contributed by atoms with E-state index in [-0.39, 0.29) is 29.5 Å². The molecule has 2 aliphatic heterocycles. The number of carbonyl (C=O) groups is 1. The summed E-state index contributed by atoms with van der Waals surface area (Å²) >= 11 is 0. The number of rotatable bonds is 1. The fourth-order valence-electron chi connectivity index (χ4n) is 3.06. The average molecular weight is 226 g/mol. The van der Waals surface area contributed by atoms with Crippen LogP contribution in [0.25, 0.3) is 0 Å². The minimum Gasteiger partial charge on any atom is -0.472 e. The Morgan fingerprint density at radius 2 is 2.44 bits per heavy atom.